The van der Waals surface area contributed by atoms with Crippen molar-refractivity contribution < 1.29 is 35.9 Å². The second-order valence-corrected chi connectivity index (χ2v) is 18.6. The molecule has 2 fully saturated rings. The topological polar surface area (TPSA) is 215 Å². The molecule has 0 unspecified atom stereocenters. The SMILES string of the molecule is CCN=C(N)N1CC2(C=N1)CCCC2.CCN=C(NS(=O)(=O)c1cccc(C(=O)OC)c1)N1CC2(C=N1)CCCC2.COC(=O)c1cccc(S(=O)(=O)Cl)c1.ClCCl. The number of carbonyl (C=O) groups is 2. The van der Waals surface area contributed by atoms with Gasteiger partial charge >= 0.3 is 11.9 Å². The van der Waals surface area contributed by atoms with Crippen molar-refractivity contribution in [3.63, 3.8) is 0 Å². The highest BCUT2D eigenvalue weighted by molar-refractivity contribution is 8.13. The monoisotopic (exact) mass is 904 g/mol. The van der Waals surface area contributed by atoms with Crippen molar-refractivity contribution in [2.45, 2.75) is 75.0 Å². The number of sulfonamides is 1. The fraction of sp³-hybridized carbons (Fsp3) is 0.514. The standard InChI is InChI=1S/C18H24N4O4S.C10H18N4.C8H7ClO4S.CH2Cl2/c1-3-19-17(22-13-18(12-20-22)9-4-5-10-18)21-27(24,25)15-8-6-7-14(11-15)16(23)26-2;1-2-12-9(11)14-8-10(7-13-14)5-3-4-6-10;1-13-8(10)6-3-2-4-7(5-6)14(9,11)12;2-1-3/h6-8,11-12H,3-5,9-10,13H2,1-2H3,(H,19,21);7H,2-6,8H2,1H3,(H2,11,12);2-5H,1H3;1H2. The minimum absolute atomic E-state index is 0.0186. The largest absolute Gasteiger partial charge is 0.465 e. The van der Waals surface area contributed by atoms with Crippen LogP contribution in [0.25, 0.3) is 0 Å². The predicted molar refractivity (Wildman–Crippen MR) is 228 cm³/mol. The number of ether oxygens (including phenoxy) is 2. The minimum atomic E-state index is -3.92. The molecule has 4 aliphatic rings. The van der Waals surface area contributed by atoms with Gasteiger partial charge in [-0.3, -0.25) is 9.98 Å². The number of nitrogens with two attached hydrogens (primary N) is 1. The third-order valence-electron chi connectivity index (χ3n) is 9.53. The van der Waals surface area contributed by atoms with Crippen LogP contribution in [0.15, 0.2) is 78.5 Å². The van der Waals surface area contributed by atoms with E-state index in [4.69, 9.17) is 39.6 Å². The van der Waals surface area contributed by atoms with Crippen molar-refractivity contribution in [2.24, 2.45) is 36.8 Å². The number of benzene rings is 2. The van der Waals surface area contributed by atoms with E-state index in [-0.39, 0.29) is 37.6 Å². The number of halogens is 3. The van der Waals surface area contributed by atoms with Gasteiger partial charge in [-0.15, -0.1) is 23.2 Å². The van der Waals surface area contributed by atoms with Crippen LogP contribution in [0, 0.1) is 10.8 Å². The van der Waals surface area contributed by atoms with Gasteiger partial charge in [0.05, 0.1) is 53.6 Å². The van der Waals surface area contributed by atoms with Gasteiger partial charge in [-0.1, -0.05) is 37.8 Å². The van der Waals surface area contributed by atoms with Crippen molar-refractivity contribution in [3.8, 4) is 0 Å². The first-order valence-electron chi connectivity index (χ1n) is 18.5. The van der Waals surface area contributed by atoms with Crippen LogP contribution in [-0.4, -0.2) is 109 Å². The zero-order valence-corrected chi connectivity index (χ0v) is 36.8. The van der Waals surface area contributed by atoms with E-state index in [0.29, 0.717) is 24.5 Å². The van der Waals surface area contributed by atoms with Gasteiger partial charge in [0.15, 0.2) is 0 Å². The van der Waals surface area contributed by atoms with Crippen LogP contribution in [-0.2, 0) is 28.5 Å². The molecule has 16 nitrogen and oxygen atoms in total. The number of hydrogen-bond donors (Lipinski definition) is 2. The molecule has 0 amide bonds. The molecule has 0 aromatic heterocycles. The number of hydrazone groups is 2. The highest BCUT2D eigenvalue weighted by Gasteiger charge is 2.40. The number of aliphatic imine (C=N–C) groups is 2. The van der Waals surface area contributed by atoms with Gasteiger partial charge < -0.3 is 15.2 Å². The molecule has 2 aromatic carbocycles. The number of methoxy groups -OCH3 is 2. The van der Waals surface area contributed by atoms with Gasteiger partial charge in [0.25, 0.3) is 19.1 Å². The third-order valence-corrected chi connectivity index (χ3v) is 12.2. The number of nitrogens with zero attached hydrogens (tertiary/aromatic N) is 6. The zero-order valence-electron chi connectivity index (χ0n) is 32.9. The van der Waals surface area contributed by atoms with Gasteiger partial charge in [0, 0.05) is 47.0 Å². The molecule has 0 radical (unpaired) electrons. The van der Waals surface area contributed by atoms with Crippen molar-refractivity contribution >= 4 is 89.2 Å². The molecule has 21 heteroatoms. The third kappa shape index (κ3) is 13.8. The number of carbonyl (C=O) groups excluding carboxylic acids is 2. The number of esters is 2. The van der Waals surface area contributed by atoms with E-state index >= 15 is 0 Å². The Morgan fingerprint density at radius 3 is 1.66 bits per heavy atom. The molecule has 2 aliphatic heterocycles. The highest BCUT2D eigenvalue weighted by atomic mass is 35.7. The molecule has 0 saturated heterocycles. The van der Waals surface area contributed by atoms with Crippen molar-refractivity contribution in [3.05, 3.63) is 59.7 Å². The Bertz CT molecular complexity index is 2050. The first-order chi connectivity index (χ1) is 27.5. The van der Waals surface area contributed by atoms with E-state index < -0.39 is 31.0 Å². The number of guanidine groups is 2. The summed E-state index contributed by atoms with van der Waals surface area (Å²) in [6.07, 6.45) is 13.6. The van der Waals surface area contributed by atoms with Crippen LogP contribution in [0.3, 0.4) is 0 Å². The second kappa shape index (κ2) is 22.4. The average Bonchev–Trinajstić information content (AvgIpc) is 4.05. The molecule has 0 atom stereocenters. The van der Waals surface area contributed by atoms with Crippen LogP contribution in [0.5, 0.6) is 0 Å². The van der Waals surface area contributed by atoms with E-state index in [2.05, 4.69) is 40.6 Å². The maximum absolute atomic E-state index is 12.8. The maximum Gasteiger partial charge on any atom is 0.337 e. The lowest BCUT2D eigenvalue weighted by Gasteiger charge is -2.23. The van der Waals surface area contributed by atoms with Crippen molar-refractivity contribution in [1.29, 1.82) is 0 Å². The number of rotatable bonds is 7. The van der Waals surface area contributed by atoms with Gasteiger partial charge in [-0.05, 0) is 75.9 Å². The lowest BCUT2D eigenvalue weighted by Crippen LogP contribution is -2.43. The summed E-state index contributed by atoms with van der Waals surface area (Å²) in [5, 5.41) is 12.4. The fourth-order valence-corrected chi connectivity index (χ4v) is 8.55. The Hall–Kier alpha value is -3.97. The molecule has 0 bridgehead atoms. The fourth-order valence-electron chi connectivity index (χ4n) is 6.69. The van der Waals surface area contributed by atoms with Gasteiger partial charge in [-0.2, -0.15) is 10.2 Å². The molecule has 2 aliphatic carbocycles. The van der Waals surface area contributed by atoms with E-state index in [0.717, 1.165) is 44.8 Å². The first kappa shape index (κ1) is 48.4. The van der Waals surface area contributed by atoms with E-state index in [1.807, 2.05) is 25.1 Å². The molecule has 2 spiro atoms. The van der Waals surface area contributed by atoms with Crippen LogP contribution in [0.1, 0.15) is 85.9 Å². The lowest BCUT2D eigenvalue weighted by atomic mass is 9.88. The molecule has 2 saturated carbocycles. The van der Waals surface area contributed by atoms with E-state index in [1.165, 1.54) is 82.4 Å². The number of nitrogens with one attached hydrogen (secondary N) is 1. The summed E-state index contributed by atoms with van der Waals surface area (Å²) in [6, 6.07) is 11.0. The molecule has 2 heterocycles. The quantitative estimate of drug-likeness (QED) is 0.108. The molecule has 3 N–H and O–H groups in total. The van der Waals surface area contributed by atoms with E-state index in [1.54, 1.807) is 5.01 Å². The summed E-state index contributed by atoms with van der Waals surface area (Å²) in [4.78, 5) is 31.0. The van der Waals surface area contributed by atoms with Crippen LogP contribution >= 0.6 is 33.9 Å². The summed E-state index contributed by atoms with van der Waals surface area (Å²) in [5.41, 5.74) is 6.45. The molecule has 2 aromatic rings. The number of hydrogen-bond acceptors (Lipinski definition) is 12. The summed E-state index contributed by atoms with van der Waals surface area (Å²) in [7, 11) is -0.166. The predicted octanol–water partition coefficient (Wildman–Crippen LogP) is 5.99. The van der Waals surface area contributed by atoms with Gasteiger partial charge in [0.1, 0.15) is 0 Å². The molecular weight excluding hydrogens is 855 g/mol. The molecule has 6 rings (SSSR count). The van der Waals surface area contributed by atoms with Gasteiger partial charge in [0.2, 0.25) is 11.9 Å². The summed E-state index contributed by atoms with van der Waals surface area (Å²) in [5.74, 6) is -0.442. The summed E-state index contributed by atoms with van der Waals surface area (Å²) in [6.45, 7) is 6.51. The highest BCUT2D eigenvalue weighted by Crippen LogP contribution is 2.41. The number of alkyl halides is 2. The van der Waals surface area contributed by atoms with Gasteiger partial charge in [-0.25, -0.2) is 41.2 Å². The average molecular weight is 906 g/mol. The normalized spacial score (nSPS) is 17.8. The Morgan fingerprint density at radius 1 is 0.776 bits per heavy atom. The van der Waals surface area contributed by atoms with Crippen LogP contribution in [0.2, 0.25) is 0 Å². The Kier molecular flexibility index (Phi) is 18.7. The molecule has 320 valence electrons. The Labute approximate surface area is 355 Å². The van der Waals surface area contributed by atoms with Crippen molar-refractivity contribution in [2.75, 3.05) is 45.7 Å². The molecule has 58 heavy (non-hydrogen) atoms. The lowest BCUT2D eigenvalue weighted by molar-refractivity contribution is 0.0591. The minimum Gasteiger partial charge on any atom is -0.465 e. The summed E-state index contributed by atoms with van der Waals surface area (Å²) < 4.78 is 59.1. The van der Waals surface area contributed by atoms with E-state index in [9.17, 15) is 26.4 Å². The van der Waals surface area contributed by atoms with Crippen LogP contribution < -0.4 is 10.5 Å². The zero-order chi connectivity index (χ0) is 43.0. The maximum atomic E-state index is 12.8. The Morgan fingerprint density at radius 2 is 1.21 bits per heavy atom. The summed E-state index contributed by atoms with van der Waals surface area (Å²) >= 11 is 9.53. The van der Waals surface area contributed by atoms with Crippen LogP contribution in [0.4, 0.5) is 0 Å². The van der Waals surface area contributed by atoms with Crippen molar-refractivity contribution in [1.82, 2.24) is 14.7 Å². The second-order valence-electron chi connectivity index (χ2n) is 13.6. The molecular formula is C37H51Cl3N8O8S2. The first-order valence-corrected chi connectivity index (χ1v) is 23.3. The Balaban J connectivity index is 0.000000245. The smallest absolute Gasteiger partial charge is 0.337 e.